The van der Waals surface area contributed by atoms with Gasteiger partial charge in [-0.25, -0.2) is 4.40 Å². The highest BCUT2D eigenvalue weighted by atomic mass is 32.2. The van der Waals surface area contributed by atoms with E-state index in [0.717, 1.165) is 0 Å². The van der Waals surface area contributed by atoms with Crippen molar-refractivity contribution in [1.29, 1.82) is 0 Å². The molecule has 0 unspecified atom stereocenters. The van der Waals surface area contributed by atoms with E-state index in [2.05, 4.69) is 20.2 Å². The van der Waals surface area contributed by atoms with Crippen LogP contribution < -0.4 is 10.5 Å². The summed E-state index contributed by atoms with van der Waals surface area (Å²) in [5.41, 5.74) is 5.87. The summed E-state index contributed by atoms with van der Waals surface area (Å²) in [6.07, 6.45) is 1.88. The number of thioether (sulfide) groups is 1. The minimum absolute atomic E-state index is 0.149. The van der Waals surface area contributed by atoms with Gasteiger partial charge < -0.3 is 10.5 Å². The molecule has 96 valence electrons. The molecule has 3 rings (SSSR count). The lowest BCUT2D eigenvalue weighted by Crippen LogP contribution is -2.05. The third kappa shape index (κ3) is 2.17. The second-order valence-corrected chi connectivity index (χ2v) is 4.37. The van der Waals surface area contributed by atoms with Crippen molar-refractivity contribution in [2.24, 2.45) is 0 Å². The van der Waals surface area contributed by atoms with Gasteiger partial charge in [0.2, 0.25) is 5.95 Å². The molecule has 2 aromatic heterocycles. The molecule has 8 heteroatoms. The number of hydrogen-bond acceptors (Lipinski definition) is 7. The van der Waals surface area contributed by atoms with Crippen LogP contribution in [-0.4, -0.2) is 30.8 Å². The van der Waals surface area contributed by atoms with Crippen LogP contribution in [0, 0.1) is 0 Å². The predicted molar refractivity (Wildman–Crippen MR) is 71.3 cm³/mol. The first-order valence-electron chi connectivity index (χ1n) is 5.43. The van der Waals surface area contributed by atoms with E-state index in [1.165, 1.54) is 11.8 Å². The van der Waals surface area contributed by atoms with Crippen molar-refractivity contribution in [3.63, 3.8) is 0 Å². The normalized spacial score (nSPS) is 10.8. The van der Waals surface area contributed by atoms with Crippen molar-refractivity contribution in [1.82, 2.24) is 24.6 Å². The van der Waals surface area contributed by atoms with Gasteiger partial charge in [0.15, 0.2) is 5.16 Å². The molecular formula is C11H10N6OS. The summed E-state index contributed by atoms with van der Waals surface area (Å²) in [5, 5.41) is 8.53. The zero-order valence-electron chi connectivity index (χ0n) is 10.0. The molecular weight excluding hydrogens is 264 g/mol. The van der Waals surface area contributed by atoms with E-state index in [4.69, 9.17) is 10.5 Å². The first kappa shape index (κ1) is 11.7. The van der Waals surface area contributed by atoms with Gasteiger partial charge in [-0.2, -0.15) is 9.97 Å². The van der Waals surface area contributed by atoms with E-state index in [9.17, 15) is 0 Å². The van der Waals surface area contributed by atoms with Crippen LogP contribution >= 0.6 is 11.8 Å². The molecule has 0 saturated heterocycles. The quantitative estimate of drug-likeness (QED) is 0.725. The zero-order valence-corrected chi connectivity index (χ0v) is 10.8. The van der Waals surface area contributed by atoms with Gasteiger partial charge in [-0.3, -0.25) is 0 Å². The fraction of sp³-hybridized carbons (Fsp3) is 0.0909. The fourth-order valence-corrected chi connectivity index (χ4v) is 2.05. The van der Waals surface area contributed by atoms with Crippen LogP contribution in [0.5, 0.6) is 11.8 Å². The number of benzene rings is 1. The molecule has 0 aliphatic carbocycles. The number of aromatic nitrogens is 5. The molecule has 0 aliphatic rings. The number of fused-ring (bicyclic) bond motifs is 1. The Balaban J connectivity index is 2.02. The summed E-state index contributed by atoms with van der Waals surface area (Å²) in [6.45, 7) is 0. The van der Waals surface area contributed by atoms with Gasteiger partial charge in [0.25, 0.3) is 5.78 Å². The lowest BCUT2D eigenvalue weighted by molar-refractivity contribution is 0.442. The number of nitrogens with two attached hydrogens (primary N) is 1. The second-order valence-electron chi connectivity index (χ2n) is 3.60. The minimum atomic E-state index is 0.149. The Labute approximate surface area is 112 Å². The SMILES string of the molecule is CSc1nnc2nc(Oc3ccccc3)nc(N)n12. The number of para-hydroxylation sites is 1. The van der Waals surface area contributed by atoms with Crippen molar-refractivity contribution in [3.05, 3.63) is 30.3 Å². The molecule has 0 amide bonds. The Kier molecular flexibility index (Phi) is 2.92. The van der Waals surface area contributed by atoms with Gasteiger partial charge in [0, 0.05) is 0 Å². The van der Waals surface area contributed by atoms with Gasteiger partial charge in [-0.05, 0) is 18.4 Å². The summed E-state index contributed by atoms with van der Waals surface area (Å²) in [5.74, 6) is 1.24. The highest BCUT2D eigenvalue weighted by Gasteiger charge is 2.12. The Hall–Kier alpha value is -2.35. The Bertz CT molecular complexity index is 714. The predicted octanol–water partition coefficient (Wildman–Crippen LogP) is 1.62. The zero-order chi connectivity index (χ0) is 13.2. The first-order chi connectivity index (χ1) is 9.28. The first-order valence-corrected chi connectivity index (χ1v) is 6.66. The smallest absolute Gasteiger partial charge is 0.328 e. The highest BCUT2D eigenvalue weighted by Crippen LogP contribution is 2.21. The number of hydrogen-bond donors (Lipinski definition) is 1. The van der Waals surface area contributed by atoms with Gasteiger partial charge in [-0.1, -0.05) is 30.0 Å². The number of nitrogen functional groups attached to an aromatic ring is 1. The van der Waals surface area contributed by atoms with Crippen LogP contribution in [0.4, 0.5) is 5.95 Å². The van der Waals surface area contributed by atoms with Crippen LogP contribution in [0.2, 0.25) is 0 Å². The maximum atomic E-state index is 5.87. The highest BCUT2D eigenvalue weighted by molar-refractivity contribution is 7.98. The second kappa shape index (κ2) is 4.73. The summed E-state index contributed by atoms with van der Waals surface area (Å²) in [6, 6.07) is 9.38. The largest absolute Gasteiger partial charge is 0.424 e. The maximum absolute atomic E-state index is 5.87. The number of nitrogens with zero attached hydrogens (tertiary/aromatic N) is 5. The van der Waals surface area contributed by atoms with E-state index in [1.807, 2.05) is 24.5 Å². The number of ether oxygens (including phenoxy) is 1. The van der Waals surface area contributed by atoms with Crippen LogP contribution in [0.1, 0.15) is 0 Å². The summed E-state index contributed by atoms with van der Waals surface area (Å²) in [4.78, 5) is 8.25. The maximum Gasteiger partial charge on any atom is 0.328 e. The van der Waals surface area contributed by atoms with Crippen molar-refractivity contribution >= 4 is 23.5 Å². The summed E-state index contributed by atoms with van der Waals surface area (Å²) >= 11 is 1.42. The third-order valence-electron chi connectivity index (χ3n) is 2.39. The molecule has 0 bridgehead atoms. The minimum Gasteiger partial charge on any atom is -0.424 e. The van der Waals surface area contributed by atoms with Gasteiger partial charge in [0.05, 0.1) is 0 Å². The molecule has 0 fully saturated rings. The van der Waals surface area contributed by atoms with E-state index >= 15 is 0 Å². The van der Waals surface area contributed by atoms with Crippen LogP contribution in [-0.2, 0) is 0 Å². The molecule has 1 aromatic carbocycles. The number of rotatable bonds is 3. The monoisotopic (exact) mass is 274 g/mol. The van der Waals surface area contributed by atoms with Gasteiger partial charge in [0.1, 0.15) is 5.75 Å². The van der Waals surface area contributed by atoms with Gasteiger partial charge in [-0.15, -0.1) is 10.2 Å². The summed E-state index contributed by atoms with van der Waals surface area (Å²) in [7, 11) is 0. The average molecular weight is 274 g/mol. The Morgan fingerprint density at radius 2 is 1.95 bits per heavy atom. The van der Waals surface area contributed by atoms with Crippen molar-refractivity contribution in [2.75, 3.05) is 12.0 Å². The third-order valence-corrected chi connectivity index (χ3v) is 3.02. The molecule has 0 radical (unpaired) electrons. The molecule has 7 nitrogen and oxygen atoms in total. The topological polar surface area (TPSA) is 91.2 Å². The van der Waals surface area contributed by atoms with Crippen molar-refractivity contribution in [3.8, 4) is 11.8 Å². The van der Waals surface area contributed by atoms with Gasteiger partial charge >= 0.3 is 6.01 Å². The van der Waals surface area contributed by atoms with Crippen molar-refractivity contribution < 1.29 is 4.74 Å². The standard InChI is InChI=1S/C11H10N6OS/c1-19-11-16-15-9-14-10(13-8(12)17(9)11)18-7-5-3-2-4-6-7/h2-6H,1H3,(H2,12,13,14,15). The van der Waals surface area contributed by atoms with Crippen LogP contribution in [0.3, 0.4) is 0 Å². The lowest BCUT2D eigenvalue weighted by Gasteiger charge is -2.05. The van der Waals surface area contributed by atoms with E-state index < -0.39 is 0 Å². The Morgan fingerprint density at radius 1 is 1.16 bits per heavy atom. The molecule has 2 N–H and O–H groups in total. The molecule has 0 aliphatic heterocycles. The molecule has 2 heterocycles. The van der Waals surface area contributed by atoms with E-state index in [1.54, 1.807) is 16.5 Å². The van der Waals surface area contributed by atoms with Crippen LogP contribution in [0.15, 0.2) is 35.5 Å². The van der Waals surface area contributed by atoms with Crippen LogP contribution in [0.25, 0.3) is 5.78 Å². The molecule has 0 saturated carbocycles. The van der Waals surface area contributed by atoms with E-state index in [-0.39, 0.29) is 12.0 Å². The Morgan fingerprint density at radius 3 is 2.68 bits per heavy atom. The summed E-state index contributed by atoms with van der Waals surface area (Å²) < 4.78 is 7.09. The van der Waals surface area contributed by atoms with Crippen molar-refractivity contribution in [2.45, 2.75) is 5.16 Å². The molecule has 19 heavy (non-hydrogen) atoms. The fourth-order valence-electron chi connectivity index (χ4n) is 1.57. The average Bonchev–Trinajstić information content (AvgIpc) is 2.83. The van der Waals surface area contributed by atoms with E-state index in [0.29, 0.717) is 16.7 Å². The molecule has 0 spiro atoms. The molecule has 3 aromatic rings. The number of anilines is 1. The lowest BCUT2D eigenvalue weighted by atomic mass is 10.3. The molecule has 0 atom stereocenters.